The molecule has 0 unspecified atom stereocenters. The van der Waals surface area contributed by atoms with Gasteiger partial charge in [-0.1, -0.05) is 32.4 Å². The zero-order valence-electron chi connectivity index (χ0n) is 21.6. The lowest BCUT2D eigenvalue weighted by Gasteiger charge is -2.23. The fraction of sp³-hybridized carbons (Fsp3) is 0.407. The molecule has 2 N–H and O–H groups in total. The Hall–Kier alpha value is -3.23. The van der Waals surface area contributed by atoms with Gasteiger partial charge in [-0.2, -0.15) is 0 Å². The van der Waals surface area contributed by atoms with Crippen molar-refractivity contribution in [2.75, 3.05) is 36.5 Å². The van der Waals surface area contributed by atoms with Crippen molar-refractivity contribution in [3.63, 3.8) is 0 Å². The molecule has 8 nitrogen and oxygen atoms in total. The van der Waals surface area contributed by atoms with Gasteiger partial charge >= 0.3 is 5.97 Å². The quantitative estimate of drug-likeness (QED) is 0.263. The maximum atomic E-state index is 13.3. The Bertz CT molecular complexity index is 1150. The molecule has 1 amide bonds. The number of carbonyl (C=O) groups is 3. The van der Waals surface area contributed by atoms with Crippen LogP contribution in [0.2, 0.25) is 5.02 Å². The largest absolute Gasteiger partial charge is 0.462 e. The number of nitrogens with one attached hydrogen (secondary N) is 1. The van der Waals surface area contributed by atoms with Gasteiger partial charge in [-0.15, -0.1) is 0 Å². The summed E-state index contributed by atoms with van der Waals surface area (Å²) in [4.78, 5) is 45.1. The van der Waals surface area contributed by atoms with Crippen LogP contribution >= 0.6 is 11.6 Å². The standard InChI is InChI=1S/C27H34ClN3O5/c1-7-31(13-14-32)19-10-12-21(17(3)15-19)29-23(24(33)27(4,5)6)25(34)30-22-16-18(9-11-20(22)28)26(35)36-8-2/h9-12,15-16,32H,7-8,13-14H2,1-6H3,(H,30,34). The number of esters is 1. The molecule has 0 atom stereocenters. The van der Waals surface area contributed by atoms with E-state index in [0.717, 1.165) is 11.3 Å². The number of hydrogen-bond acceptors (Lipinski definition) is 7. The highest BCUT2D eigenvalue weighted by molar-refractivity contribution is 6.68. The van der Waals surface area contributed by atoms with Gasteiger partial charge in [0.15, 0.2) is 11.5 Å². The average Bonchev–Trinajstić information content (AvgIpc) is 2.82. The number of aryl methyl sites for hydroxylation is 1. The Morgan fingerprint density at radius 3 is 2.36 bits per heavy atom. The molecule has 2 aromatic rings. The minimum Gasteiger partial charge on any atom is -0.462 e. The summed E-state index contributed by atoms with van der Waals surface area (Å²) in [6.07, 6.45) is 0. The molecule has 0 heterocycles. The maximum absolute atomic E-state index is 13.3. The molecule has 0 saturated heterocycles. The summed E-state index contributed by atoms with van der Waals surface area (Å²) in [5.41, 5.74) is 1.35. The number of ketones is 1. The third-order valence-electron chi connectivity index (χ3n) is 5.37. The van der Waals surface area contributed by atoms with Crippen LogP contribution in [0.25, 0.3) is 0 Å². The van der Waals surface area contributed by atoms with Gasteiger partial charge in [0.25, 0.3) is 5.91 Å². The highest BCUT2D eigenvalue weighted by atomic mass is 35.5. The Kier molecular flexibility index (Phi) is 10.2. The number of benzene rings is 2. The van der Waals surface area contributed by atoms with Gasteiger partial charge in [0, 0.05) is 24.2 Å². The zero-order chi connectivity index (χ0) is 27.0. The molecule has 9 heteroatoms. The number of rotatable bonds is 10. The van der Waals surface area contributed by atoms with Crippen LogP contribution in [0.3, 0.4) is 0 Å². The van der Waals surface area contributed by atoms with Gasteiger partial charge in [-0.3, -0.25) is 9.59 Å². The van der Waals surface area contributed by atoms with Crippen molar-refractivity contribution in [3.05, 3.63) is 52.5 Å². The van der Waals surface area contributed by atoms with Gasteiger partial charge in [-0.25, -0.2) is 9.79 Å². The van der Waals surface area contributed by atoms with E-state index in [1.807, 2.05) is 30.9 Å². The van der Waals surface area contributed by atoms with Gasteiger partial charge in [0.05, 0.1) is 35.2 Å². The number of ether oxygens (including phenoxy) is 1. The molecule has 0 aromatic heterocycles. The predicted molar refractivity (Wildman–Crippen MR) is 144 cm³/mol. The molecule has 0 aliphatic carbocycles. The zero-order valence-corrected chi connectivity index (χ0v) is 22.4. The molecular weight excluding hydrogens is 482 g/mol. The van der Waals surface area contributed by atoms with E-state index in [0.29, 0.717) is 18.8 Å². The van der Waals surface area contributed by atoms with Crippen LogP contribution in [0, 0.1) is 12.3 Å². The van der Waals surface area contributed by atoms with Crippen molar-refractivity contribution in [2.45, 2.75) is 41.5 Å². The molecule has 36 heavy (non-hydrogen) atoms. The lowest BCUT2D eigenvalue weighted by atomic mass is 9.87. The Labute approximate surface area is 217 Å². The lowest BCUT2D eigenvalue weighted by Crippen LogP contribution is -2.37. The van der Waals surface area contributed by atoms with Crippen LogP contribution in [0.15, 0.2) is 41.4 Å². The van der Waals surface area contributed by atoms with Gasteiger partial charge < -0.3 is 20.1 Å². The molecule has 0 aliphatic heterocycles. The van der Waals surface area contributed by atoms with Crippen molar-refractivity contribution in [3.8, 4) is 0 Å². The van der Waals surface area contributed by atoms with E-state index in [4.69, 9.17) is 16.3 Å². The third kappa shape index (κ3) is 7.38. The van der Waals surface area contributed by atoms with Crippen molar-refractivity contribution < 1.29 is 24.2 Å². The first-order chi connectivity index (χ1) is 16.9. The van der Waals surface area contributed by atoms with Gasteiger partial charge in [0.2, 0.25) is 0 Å². The molecule has 2 aromatic carbocycles. The van der Waals surface area contributed by atoms with Crippen molar-refractivity contribution >= 4 is 52.0 Å². The molecule has 0 saturated carbocycles. The average molecular weight is 516 g/mol. The second-order valence-corrected chi connectivity index (χ2v) is 9.59. The predicted octanol–water partition coefficient (Wildman–Crippen LogP) is 4.97. The van der Waals surface area contributed by atoms with E-state index in [2.05, 4.69) is 10.3 Å². The number of aliphatic hydroxyl groups excluding tert-OH is 1. The number of nitrogens with zero attached hydrogens (tertiary/aromatic N) is 2. The number of likely N-dealkylation sites (N-methyl/N-ethyl adjacent to an activating group) is 1. The Balaban J connectivity index is 2.48. The number of Topliss-reactive ketones (excluding diaryl/α,β-unsaturated/α-hetero) is 1. The van der Waals surface area contributed by atoms with E-state index in [-0.39, 0.29) is 35.2 Å². The number of hydrogen-bond donors (Lipinski definition) is 2. The van der Waals surface area contributed by atoms with Crippen molar-refractivity contribution in [1.82, 2.24) is 0 Å². The van der Waals surface area contributed by atoms with Crippen LogP contribution in [0.1, 0.15) is 50.5 Å². The first-order valence-corrected chi connectivity index (χ1v) is 12.2. The van der Waals surface area contributed by atoms with Crippen LogP contribution < -0.4 is 10.2 Å². The van der Waals surface area contributed by atoms with Gasteiger partial charge in [0.1, 0.15) is 0 Å². The molecule has 0 spiro atoms. The molecule has 0 aliphatic rings. The first-order valence-electron chi connectivity index (χ1n) is 11.8. The number of anilines is 2. The van der Waals surface area contributed by atoms with Crippen molar-refractivity contribution in [2.24, 2.45) is 10.4 Å². The number of aliphatic hydroxyl groups is 1. The monoisotopic (exact) mass is 515 g/mol. The van der Waals surface area contributed by atoms with Crippen LogP contribution in [-0.4, -0.2) is 54.8 Å². The van der Waals surface area contributed by atoms with E-state index in [1.165, 1.54) is 18.2 Å². The molecule has 194 valence electrons. The molecule has 0 fully saturated rings. The van der Waals surface area contributed by atoms with Crippen LogP contribution in [-0.2, 0) is 14.3 Å². The normalized spacial score (nSPS) is 11.7. The summed E-state index contributed by atoms with van der Waals surface area (Å²) < 4.78 is 5.01. The smallest absolute Gasteiger partial charge is 0.338 e. The lowest BCUT2D eigenvalue weighted by molar-refractivity contribution is -0.121. The SMILES string of the molecule is CCOC(=O)c1ccc(Cl)c(NC(=O)C(=Nc2ccc(N(CC)CCO)cc2C)C(=O)C(C)(C)C)c1. The van der Waals surface area contributed by atoms with E-state index >= 15 is 0 Å². The topological polar surface area (TPSA) is 108 Å². The summed E-state index contributed by atoms with van der Waals surface area (Å²) in [7, 11) is 0. The third-order valence-corrected chi connectivity index (χ3v) is 5.70. The number of amides is 1. The number of halogens is 1. The summed E-state index contributed by atoms with van der Waals surface area (Å²) in [6, 6.07) is 9.84. The second-order valence-electron chi connectivity index (χ2n) is 9.18. The number of aliphatic imine (C=N–C) groups is 1. The molecular formula is C27H34ClN3O5. The summed E-state index contributed by atoms with van der Waals surface area (Å²) in [6.45, 7) is 12.1. The van der Waals surface area contributed by atoms with E-state index < -0.39 is 23.1 Å². The van der Waals surface area contributed by atoms with E-state index in [1.54, 1.807) is 33.8 Å². The minimum absolute atomic E-state index is 0.0249. The molecule has 0 radical (unpaired) electrons. The summed E-state index contributed by atoms with van der Waals surface area (Å²) in [5.74, 6) is -1.74. The second kappa shape index (κ2) is 12.6. The highest BCUT2D eigenvalue weighted by Crippen LogP contribution is 2.28. The highest BCUT2D eigenvalue weighted by Gasteiger charge is 2.31. The number of carbonyl (C=O) groups excluding carboxylic acids is 3. The van der Waals surface area contributed by atoms with E-state index in [9.17, 15) is 19.5 Å². The minimum atomic E-state index is -0.874. The Morgan fingerprint density at radius 1 is 1.11 bits per heavy atom. The molecule has 2 rings (SSSR count). The van der Waals surface area contributed by atoms with Crippen LogP contribution in [0.4, 0.5) is 17.1 Å². The Morgan fingerprint density at radius 2 is 1.81 bits per heavy atom. The van der Waals surface area contributed by atoms with Gasteiger partial charge in [-0.05, 0) is 62.7 Å². The summed E-state index contributed by atoms with van der Waals surface area (Å²) in [5, 5.41) is 12.1. The maximum Gasteiger partial charge on any atom is 0.338 e. The van der Waals surface area contributed by atoms with Crippen molar-refractivity contribution in [1.29, 1.82) is 0 Å². The fourth-order valence-corrected chi connectivity index (χ4v) is 3.54. The first kappa shape index (κ1) is 29.0. The fourth-order valence-electron chi connectivity index (χ4n) is 3.38. The van der Waals surface area contributed by atoms with Crippen LogP contribution in [0.5, 0.6) is 0 Å². The molecule has 0 bridgehead atoms. The summed E-state index contributed by atoms with van der Waals surface area (Å²) >= 11 is 6.25.